The largest absolute Gasteiger partial charge is 0.444 e. The first-order chi connectivity index (χ1) is 6.97. The molecule has 16 heavy (non-hydrogen) atoms. The zero-order valence-electron chi connectivity index (χ0n) is 10.4. The molecule has 0 aromatic rings. The van der Waals surface area contributed by atoms with Gasteiger partial charge in [-0.15, -0.1) is 12.4 Å². The summed E-state index contributed by atoms with van der Waals surface area (Å²) in [5.74, 6) is 0. The maximum Gasteiger partial charge on any atom is 0.408 e. The Morgan fingerprint density at radius 2 is 1.81 bits per heavy atom. The molecule has 1 heterocycles. The minimum atomic E-state index is -0.411. The van der Waals surface area contributed by atoms with Crippen LogP contribution in [0.25, 0.3) is 0 Å². The standard InChI is InChI=1S/C11H22N2O2.ClH/c1-11(2,3)15-10(14)12-9-13-7-5-4-6-8-13;/h4-9H2,1-3H3,(H,12,14);1H. The Hall–Kier alpha value is -0.480. The maximum absolute atomic E-state index is 11.3. The Labute approximate surface area is 104 Å². The molecule has 1 aliphatic rings. The Kier molecular flexibility index (Phi) is 6.76. The van der Waals surface area contributed by atoms with Crippen LogP contribution in [0.15, 0.2) is 0 Å². The predicted molar refractivity (Wildman–Crippen MR) is 66.9 cm³/mol. The van der Waals surface area contributed by atoms with Crippen LogP contribution in [0.2, 0.25) is 0 Å². The zero-order chi connectivity index (χ0) is 11.3. The summed E-state index contributed by atoms with van der Waals surface area (Å²) in [4.78, 5) is 13.6. The van der Waals surface area contributed by atoms with Crippen molar-refractivity contribution in [2.45, 2.75) is 45.6 Å². The number of hydrogen-bond donors (Lipinski definition) is 1. The van der Waals surface area contributed by atoms with Gasteiger partial charge in [-0.1, -0.05) is 6.42 Å². The summed E-state index contributed by atoms with van der Waals surface area (Å²) >= 11 is 0. The molecular formula is C11H23ClN2O2. The summed E-state index contributed by atoms with van der Waals surface area (Å²) < 4.78 is 5.15. The number of carbonyl (C=O) groups excluding carboxylic acids is 1. The molecule has 0 saturated carbocycles. The highest BCUT2D eigenvalue weighted by atomic mass is 35.5. The van der Waals surface area contributed by atoms with Crippen molar-refractivity contribution in [3.8, 4) is 0 Å². The molecule has 5 heteroatoms. The normalized spacial score (nSPS) is 17.4. The van der Waals surface area contributed by atoms with E-state index in [0.29, 0.717) is 6.67 Å². The van der Waals surface area contributed by atoms with Gasteiger partial charge in [0, 0.05) is 0 Å². The molecule has 0 aromatic carbocycles. The van der Waals surface area contributed by atoms with Crippen LogP contribution in [0.4, 0.5) is 4.79 Å². The topological polar surface area (TPSA) is 41.6 Å². The van der Waals surface area contributed by atoms with E-state index in [0.717, 1.165) is 13.1 Å². The summed E-state index contributed by atoms with van der Waals surface area (Å²) in [5, 5.41) is 2.77. The van der Waals surface area contributed by atoms with Crippen LogP contribution in [-0.2, 0) is 4.74 Å². The molecule has 4 nitrogen and oxygen atoms in total. The predicted octanol–water partition coefficient (Wildman–Crippen LogP) is 2.38. The molecule has 0 bridgehead atoms. The highest BCUT2D eigenvalue weighted by molar-refractivity contribution is 5.85. The van der Waals surface area contributed by atoms with Crippen molar-refractivity contribution in [2.24, 2.45) is 0 Å². The van der Waals surface area contributed by atoms with Crippen molar-refractivity contribution < 1.29 is 9.53 Å². The first kappa shape index (κ1) is 15.5. The number of halogens is 1. The minimum Gasteiger partial charge on any atom is -0.444 e. The number of carbonyl (C=O) groups is 1. The molecule has 0 spiro atoms. The lowest BCUT2D eigenvalue weighted by molar-refractivity contribution is 0.0484. The average Bonchev–Trinajstić information content (AvgIpc) is 2.14. The van der Waals surface area contributed by atoms with Gasteiger partial charge in [0.15, 0.2) is 0 Å². The number of hydrogen-bond acceptors (Lipinski definition) is 3. The molecule has 1 fully saturated rings. The molecule has 0 unspecified atom stereocenters. The van der Waals surface area contributed by atoms with Crippen LogP contribution in [0.5, 0.6) is 0 Å². The molecule has 0 aromatic heterocycles. The van der Waals surface area contributed by atoms with Crippen LogP contribution in [0, 0.1) is 0 Å². The number of nitrogens with zero attached hydrogens (tertiary/aromatic N) is 1. The van der Waals surface area contributed by atoms with Crippen LogP contribution < -0.4 is 5.32 Å². The van der Waals surface area contributed by atoms with Gasteiger partial charge in [-0.05, 0) is 46.7 Å². The van der Waals surface area contributed by atoms with E-state index < -0.39 is 5.60 Å². The van der Waals surface area contributed by atoms with E-state index in [1.54, 1.807) is 0 Å². The second-order valence-electron chi connectivity index (χ2n) is 5.02. The maximum atomic E-state index is 11.3. The number of piperidine rings is 1. The molecular weight excluding hydrogens is 228 g/mol. The highest BCUT2D eigenvalue weighted by Gasteiger charge is 2.17. The van der Waals surface area contributed by atoms with Crippen molar-refractivity contribution in [3.63, 3.8) is 0 Å². The van der Waals surface area contributed by atoms with Crippen molar-refractivity contribution in [3.05, 3.63) is 0 Å². The second-order valence-corrected chi connectivity index (χ2v) is 5.02. The lowest BCUT2D eigenvalue weighted by Crippen LogP contribution is -2.42. The van der Waals surface area contributed by atoms with Gasteiger partial charge in [-0.25, -0.2) is 4.79 Å². The fourth-order valence-electron chi connectivity index (χ4n) is 1.61. The highest BCUT2D eigenvalue weighted by Crippen LogP contribution is 2.08. The fraction of sp³-hybridized carbons (Fsp3) is 0.909. The zero-order valence-corrected chi connectivity index (χ0v) is 11.2. The van der Waals surface area contributed by atoms with Crippen molar-refractivity contribution in [1.29, 1.82) is 0 Å². The van der Waals surface area contributed by atoms with Gasteiger partial charge in [-0.2, -0.15) is 0 Å². The Balaban J connectivity index is 0.00000225. The molecule has 1 rings (SSSR count). The lowest BCUT2D eigenvalue weighted by atomic mass is 10.1. The van der Waals surface area contributed by atoms with Crippen LogP contribution in [-0.4, -0.2) is 36.4 Å². The van der Waals surface area contributed by atoms with Gasteiger partial charge in [-0.3, -0.25) is 4.90 Å². The summed E-state index contributed by atoms with van der Waals surface area (Å²) in [6.45, 7) is 8.37. The Morgan fingerprint density at radius 1 is 1.25 bits per heavy atom. The van der Waals surface area contributed by atoms with E-state index in [-0.39, 0.29) is 18.5 Å². The fourth-order valence-corrected chi connectivity index (χ4v) is 1.61. The second kappa shape index (κ2) is 6.97. The average molecular weight is 251 g/mol. The van der Waals surface area contributed by atoms with E-state index in [9.17, 15) is 4.79 Å². The van der Waals surface area contributed by atoms with E-state index in [1.807, 2.05) is 20.8 Å². The van der Waals surface area contributed by atoms with E-state index in [4.69, 9.17) is 4.74 Å². The molecule has 0 atom stereocenters. The van der Waals surface area contributed by atoms with Gasteiger partial charge >= 0.3 is 6.09 Å². The number of rotatable bonds is 2. The molecule has 0 aliphatic carbocycles. The van der Waals surface area contributed by atoms with Crippen LogP contribution in [0.3, 0.4) is 0 Å². The van der Waals surface area contributed by atoms with Gasteiger partial charge in [0.25, 0.3) is 0 Å². The van der Waals surface area contributed by atoms with E-state index in [1.165, 1.54) is 19.3 Å². The van der Waals surface area contributed by atoms with Crippen LogP contribution in [0.1, 0.15) is 40.0 Å². The quantitative estimate of drug-likeness (QED) is 0.818. The molecule has 1 amide bonds. The summed E-state index contributed by atoms with van der Waals surface area (Å²) in [6.07, 6.45) is 3.45. The third kappa shape index (κ3) is 6.90. The van der Waals surface area contributed by atoms with Gasteiger partial charge in [0.05, 0.1) is 6.67 Å². The molecule has 96 valence electrons. The van der Waals surface area contributed by atoms with E-state index in [2.05, 4.69) is 10.2 Å². The lowest BCUT2D eigenvalue weighted by Gasteiger charge is -2.27. The molecule has 1 N–H and O–H groups in total. The molecule has 0 radical (unpaired) electrons. The Morgan fingerprint density at radius 3 is 2.31 bits per heavy atom. The number of likely N-dealkylation sites (tertiary alicyclic amines) is 1. The monoisotopic (exact) mass is 250 g/mol. The number of ether oxygens (including phenoxy) is 1. The van der Waals surface area contributed by atoms with Gasteiger partial charge in [0.2, 0.25) is 0 Å². The van der Waals surface area contributed by atoms with Gasteiger partial charge in [0.1, 0.15) is 5.60 Å². The van der Waals surface area contributed by atoms with Crippen molar-refractivity contribution in [1.82, 2.24) is 10.2 Å². The van der Waals surface area contributed by atoms with Gasteiger partial charge < -0.3 is 10.1 Å². The summed E-state index contributed by atoms with van der Waals surface area (Å²) in [5.41, 5.74) is -0.411. The third-order valence-electron chi connectivity index (χ3n) is 2.29. The summed E-state index contributed by atoms with van der Waals surface area (Å²) in [7, 11) is 0. The SMILES string of the molecule is CC(C)(C)OC(=O)NCN1CCCCC1.Cl. The first-order valence-electron chi connectivity index (χ1n) is 5.66. The van der Waals surface area contributed by atoms with Crippen LogP contribution >= 0.6 is 12.4 Å². The molecule has 1 saturated heterocycles. The van der Waals surface area contributed by atoms with Crippen molar-refractivity contribution >= 4 is 18.5 Å². The van der Waals surface area contributed by atoms with E-state index >= 15 is 0 Å². The first-order valence-corrected chi connectivity index (χ1v) is 5.66. The smallest absolute Gasteiger partial charge is 0.408 e. The Bertz CT molecular complexity index is 211. The number of alkyl carbamates (subject to hydrolysis) is 1. The summed E-state index contributed by atoms with van der Waals surface area (Å²) in [6, 6.07) is 0. The van der Waals surface area contributed by atoms with Crippen molar-refractivity contribution in [2.75, 3.05) is 19.8 Å². The minimum absolute atomic E-state index is 0. The number of nitrogens with one attached hydrogen (secondary N) is 1. The number of amides is 1. The molecule has 1 aliphatic heterocycles. The third-order valence-corrected chi connectivity index (χ3v) is 2.29.